The van der Waals surface area contributed by atoms with E-state index >= 15 is 0 Å². The highest BCUT2D eigenvalue weighted by atomic mass is 15.2. The third-order valence-corrected chi connectivity index (χ3v) is 4.29. The molecule has 0 amide bonds. The van der Waals surface area contributed by atoms with E-state index in [1.54, 1.807) is 5.56 Å². The van der Waals surface area contributed by atoms with Crippen LogP contribution >= 0.6 is 0 Å². The predicted molar refractivity (Wildman–Crippen MR) is 80.0 cm³/mol. The van der Waals surface area contributed by atoms with Crippen molar-refractivity contribution in [1.29, 1.82) is 0 Å². The highest BCUT2D eigenvalue weighted by molar-refractivity contribution is 5.47. The first-order chi connectivity index (χ1) is 9.15. The van der Waals surface area contributed by atoms with Gasteiger partial charge in [0, 0.05) is 31.9 Å². The second-order valence-electron chi connectivity index (χ2n) is 6.40. The second-order valence-corrected chi connectivity index (χ2v) is 6.40. The van der Waals surface area contributed by atoms with Crippen molar-refractivity contribution in [3.05, 3.63) is 23.4 Å². The summed E-state index contributed by atoms with van der Waals surface area (Å²) in [6, 6.07) is 2.93. The molecule has 2 heterocycles. The molecule has 1 atom stereocenters. The molecule has 0 bridgehead atoms. The molecule has 1 aliphatic heterocycles. The first-order valence-corrected chi connectivity index (χ1v) is 7.63. The summed E-state index contributed by atoms with van der Waals surface area (Å²) in [7, 11) is 0. The number of hydrogen-bond donors (Lipinski definition) is 1. The number of nitrogens with zero attached hydrogens (tertiary/aromatic N) is 2. The summed E-state index contributed by atoms with van der Waals surface area (Å²) in [5, 5.41) is 3.49. The minimum Gasteiger partial charge on any atom is -0.354 e. The standard InChI is InChI=1S/C16H25N3/c1-11(2)15-9-18-16(8-14(15)13-4-5-13)19-7-6-17-12(3)10-19/h8-9,11-13,17H,4-7,10H2,1-3H3. The maximum Gasteiger partial charge on any atom is 0.128 e. The van der Waals surface area contributed by atoms with Crippen molar-refractivity contribution < 1.29 is 0 Å². The van der Waals surface area contributed by atoms with Crippen molar-refractivity contribution in [3.63, 3.8) is 0 Å². The van der Waals surface area contributed by atoms with Gasteiger partial charge in [-0.25, -0.2) is 4.98 Å². The van der Waals surface area contributed by atoms with Gasteiger partial charge < -0.3 is 10.2 Å². The van der Waals surface area contributed by atoms with Crippen molar-refractivity contribution in [2.45, 2.75) is 51.5 Å². The number of rotatable bonds is 3. The van der Waals surface area contributed by atoms with Crippen molar-refractivity contribution in [2.75, 3.05) is 24.5 Å². The summed E-state index contributed by atoms with van der Waals surface area (Å²) >= 11 is 0. The second kappa shape index (κ2) is 5.12. The van der Waals surface area contributed by atoms with Gasteiger partial charge in [0.1, 0.15) is 5.82 Å². The fourth-order valence-corrected chi connectivity index (χ4v) is 3.01. The normalized spacial score (nSPS) is 24.0. The zero-order valence-corrected chi connectivity index (χ0v) is 12.3. The number of anilines is 1. The molecule has 1 aromatic rings. The fourth-order valence-electron chi connectivity index (χ4n) is 3.01. The van der Waals surface area contributed by atoms with Crippen LogP contribution in [0.25, 0.3) is 0 Å². The zero-order chi connectivity index (χ0) is 13.4. The average Bonchev–Trinajstić information content (AvgIpc) is 3.22. The Morgan fingerprint density at radius 3 is 2.79 bits per heavy atom. The van der Waals surface area contributed by atoms with Gasteiger partial charge in [0.05, 0.1) is 0 Å². The average molecular weight is 259 g/mol. The molecular weight excluding hydrogens is 234 g/mol. The molecule has 1 aliphatic carbocycles. The van der Waals surface area contributed by atoms with Crippen LogP contribution in [-0.2, 0) is 0 Å². The molecule has 1 saturated carbocycles. The van der Waals surface area contributed by atoms with Gasteiger partial charge in [-0.1, -0.05) is 13.8 Å². The van der Waals surface area contributed by atoms with Gasteiger partial charge in [0.25, 0.3) is 0 Å². The maximum absolute atomic E-state index is 4.73. The lowest BCUT2D eigenvalue weighted by Crippen LogP contribution is -2.49. The zero-order valence-electron chi connectivity index (χ0n) is 12.3. The van der Waals surface area contributed by atoms with Crippen LogP contribution in [-0.4, -0.2) is 30.7 Å². The van der Waals surface area contributed by atoms with E-state index in [1.807, 2.05) is 0 Å². The van der Waals surface area contributed by atoms with Gasteiger partial charge in [0.15, 0.2) is 0 Å². The highest BCUT2D eigenvalue weighted by Crippen LogP contribution is 2.44. The first-order valence-electron chi connectivity index (χ1n) is 7.63. The molecule has 2 fully saturated rings. The van der Waals surface area contributed by atoms with Crippen molar-refractivity contribution in [1.82, 2.24) is 10.3 Å². The van der Waals surface area contributed by atoms with Crippen LogP contribution in [0.3, 0.4) is 0 Å². The van der Waals surface area contributed by atoms with Crippen LogP contribution in [0, 0.1) is 0 Å². The molecule has 19 heavy (non-hydrogen) atoms. The summed E-state index contributed by atoms with van der Waals surface area (Å²) < 4.78 is 0. The Labute approximate surface area is 116 Å². The van der Waals surface area contributed by atoms with Crippen molar-refractivity contribution in [3.8, 4) is 0 Å². The smallest absolute Gasteiger partial charge is 0.128 e. The Balaban J connectivity index is 1.88. The lowest BCUT2D eigenvalue weighted by molar-refractivity contribution is 0.482. The van der Waals surface area contributed by atoms with Crippen molar-refractivity contribution in [2.24, 2.45) is 0 Å². The van der Waals surface area contributed by atoms with Gasteiger partial charge in [0.2, 0.25) is 0 Å². The molecule has 3 rings (SSSR count). The van der Waals surface area contributed by atoms with Gasteiger partial charge in [-0.05, 0) is 48.8 Å². The van der Waals surface area contributed by atoms with Crippen LogP contribution in [0.1, 0.15) is 56.6 Å². The minimum atomic E-state index is 0.560. The number of pyridine rings is 1. The summed E-state index contributed by atoms with van der Waals surface area (Å²) in [6.07, 6.45) is 4.85. The van der Waals surface area contributed by atoms with E-state index in [-0.39, 0.29) is 0 Å². The van der Waals surface area contributed by atoms with Gasteiger partial charge in [-0.3, -0.25) is 0 Å². The molecule has 3 heteroatoms. The molecule has 1 N–H and O–H groups in total. The number of nitrogens with one attached hydrogen (secondary N) is 1. The molecule has 0 radical (unpaired) electrons. The topological polar surface area (TPSA) is 28.2 Å². The summed E-state index contributed by atoms with van der Waals surface area (Å²) in [5.41, 5.74) is 3.01. The first kappa shape index (κ1) is 12.9. The number of hydrogen-bond acceptors (Lipinski definition) is 3. The third kappa shape index (κ3) is 2.76. The van der Waals surface area contributed by atoms with Crippen LogP contribution in [0.5, 0.6) is 0 Å². The molecule has 1 unspecified atom stereocenters. The molecule has 104 valence electrons. The summed E-state index contributed by atoms with van der Waals surface area (Å²) in [6.45, 7) is 10.00. The molecule has 0 spiro atoms. The molecule has 0 aromatic carbocycles. The van der Waals surface area contributed by atoms with Crippen LogP contribution in [0.2, 0.25) is 0 Å². The van der Waals surface area contributed by atoms with E-state index in [4.69, 9.17) is 4.98 Å². The Morgan fingerprint density at radius 1 is 1.37 bits per heavy atom. The van der Waals surface area contributed by atoms with E-state index in [2.05, 4.69) is 43.3 Å². The Bertz CT molecular complexity index is 451. The fraction of sp³-hybridized carbons (Fsp3) is 0.688. The SMILES string of the molecule is CC1CN(c2cc(C3CC3)c(C(C)C)cn2)CCN1. The molecule has 1 aromatic heterocycles. The molecule has 2 aliphatic rings. The lowest BCUT2D eigenvalue weighted by atomic mass is 9.96. The maximum atomic E-state index is 4.73. The van der Waals surface area contributed by atoms with Crippen LogP contribution in [0.15, 0.2) is 12.3 Å². The lowest BCUT2D eigenvalue weighted by Gasteiger charge is -2.33. The van der Waals surface area contributed by atoms with E-state index in [0.717, 1.165) is 25.6 Å². The van der Waals surface area contributed by atoms with Crippen molar-refractivity contribution >= 4 is 5.82 Å². The van der Waals surface area contributed by atoms with Crippen LogP contribution in [0.4, 0.5) is 5.82 Å². The van der Waals surface area contributed by atoms with Gasteiger partial charge in [-0.2, -0.15) is 0 Å². The number of piperazine rings is 1. The Kier molecular flexibility index (Phi) is 3.48. The molecular formula is C16H25N3. The van der Waals surface area contributed by atoms with E-state index in [0.29, 0.717) is 12.0 Å². The highest BCUT2D eigenvalue weighted by Gasteiger charge is 2.28. The monoisotopic (exact) mass is 259 g/mol. The summed E-state index contributed by atoms with van der Waals surface area (Å²) in [4.78, 5) is 7.15. The predicted octanol–water partition coefficient (Wildman–Crippen LogP) is 2.88. The van der Waals surface area contributed by atoms with Crippen LogP contribution < -0.4 is 10.2 Å². The van der Waals surface area contributed by atoms with Gasteiger partial charge >= 0.3 is 0 Å². The Morgan fingerprint density at radius 2 is 2.16 bits per heavy atom. The summed E-state index contributed by atoms with van der Waals surface area (Å²) in [5.74, 6) is 2.57. The quantitative estimate of drug-likeness (QED) is 0.904. The van der Waals surface area contributed by atoms with E-state index in [9.17, 15) is 0 Å². The van der Waals surface area contributed by atoms with E-state index in [1.165, 1.54) is 24.2 Å². The molecule has 3 nitrogen and oxygen atoms in total. The van der Waals surface area contributed by atoms with Gasteiger partial charge in [-0.15, -0.1) is 0 Å². The van der Waals surface area contributed by atoms with E-state index < -0.39 is 0 Å². The molecule has 1 saturated heterocycles. The third-order valence-electron chi connectivity index (χ3n) is 4.29. The Hall–Kier alpha value is -1.09. The largest absolute Gasteiger partial charge is 0.354 e. The minimum absolute atomic E-state index is 0.560. The number of aromatic nitrogens is 1.